The molecule has 1 aromatic carbocycles. The van der Waals surface area contributed by atoms with Crippen molar-refractivity contribution in [1.82, 2.24) is 9.96 Å². The normalized spacial score (nSPS) is 16.1. The molecule has 0 bridgehead atoms. The smallest absolute Gasteiger partial charge is 0.364 e. The number of amides is 1. The lowest BCUT2D eigenvalue weighted by Crippen LogP contribution is -2.47. The fourth-order valence-electron chi connectivity index (χ4n) is 3.08. The van der Waals surface area contributed by atoms with Crippen molar-refractivity contribution in [1.29, 1.82) is 0 Å². The molecule has 1 unspecified atom stereocenters. The van der Waals surface area contributed by atoms with Crippen LogP contribution in [-0.2, 0) is 24.2 Å². The molecule has 1 amide bonds. The molecule has 0 saturated carbocycles. The van der Waals surface area contributed by atoms with Gasteiger partial charge in [-0.2, -0.15) is 5.06 Å². The van der Waals surface area contributed by atoms with E-state index in [1.54, 1.807) is 4.90 Å². The summed E-state index contributed by atoms with van der Waals surface area (Å²) in [7, 11) is -3.01. The Morgan fingerprint density at radius 1 is 1.24 bits per heavy atom. The summed E-state index contributed by atoms with van der Waals surface area (Å²) in [6.07, 6.45) is 0.814. The highest BCUT2D eigenvalue weighted by Crippen LogP contribution is 2.29. The predicted molar refractivity (Wildman–Crippen MR) is 120 cm³/mol. The van der Waals surface area contributed by atoms with Gasteiger partial charge in [0, 0.05) is 24.9 Å². The molecular weight excluding hydrogens is 472 g/mol. The third-order valence-corrected chi connectivity index (χ3v) is 5.71. The molecule has 13 nitrogen and oxygen atoms in total. The van der Waals surface area contributed by atoms with Crippen molar-refractivity contribution in [3.63, 3.8) is 0 Å². The molecule has 0 aromatic heterocycles. The quantitative estimate of drug-likeness (QED) is 0.261. The summed E-state index contributed by atoms with van der Waals surface area (Å²) in [5.74, 6) is -2.25. The van der Waals surface area contributed by atoms with Crippen molar-refractivity contribution in [3.8, 4) is 5.75 Å². The summed E-state index contributed by atoms with van der Waals surface area (Å²) in [5, 5.41) is 12.5. The van der Waals surface area contributed by atoms with Crippen LogP contribution in [0.1, 0.15) is 31.1 Å². The highest BCUT2D eigenvalue weighted by atomic mass is 32.2. The Morgan fingerprint density at radius 2 is 1.88 bits per heavy atom. The first-order valence-electron chi connectivity index (χ1n) is 10.2. The number of esters is 1. The zero-order valence-corrected chi connectivity index (χ0v) is 20.2. The lowest BCUT2D eigenvalue weighted by Gasteiger charge is -2.31. The van der Waals surface area contributed by atoms with E-state index in [-0.39, 0.29) is 23.8 Å². The number of carbonyl (C=O) groups is 2. The van der Waals surface area contributed by atoms with Gasteiger partial charge >= 0.3 is 17.5 Å². The van der Waals surface area contributed by atoms with Crippen LogP contribution in [0, 0.1) is 10.1 Å². The van der Waals surface area contributed by atoms with Crippen LogP contribution in [0.15, 0.2) is 40.8 Å². The Hall–Kier alpha value is -3.52. The lowest BCUT2D eigenvalue weighted by atomic mass is 10.2. The van der Waals surface area contributed by atoms with E-state index >= 15 is 0 Å². The summed E-state index contributed by atoms with van der Waals surface area (Å²) in [4.78, 5) is 46.4. The number of rotatable bonds is 10. The number of aliphatic imine (C=N–C) groups is 1. The second-order valence-corrected chi connectivity index (χ2v) is 8.96. The van der Waals surface area contributed by atoms with Crippen LogP contribution < -0.4 is 4.74 Å². The van der Waals surface area contributed by atoms with Gasteiger partial charge in [-0.1, -0.05) is 6.07 Å². The molecule has 0 aliphatic carbocycles. The average Bonchev–Trinajstić information content (AvgIpc) is 2.78. The van der Waals surface area contributed by atoms with E-state index in [2.05, 4.69) is 4.99 Å². The van der Waals surface area contributed by atoms with Crippen LogP contribution in [0.4, 0.5) is 0 Å². The first-order valence-corrected chi connectivity index (χ1v) is 12.2. The van der Waals surface area contributed by atoms with Crippen LogP contribution in [0.25, 0.3) is 0 Å². The van der Waals surface area contributed by atoms with Crippen molar-refractivity contribution in [2.45, 2.75) is 26.3 Å². The van der Waals surface area contributed by atoms with Crippen LogP contribution in [0.2, 0.25) is 0 Å². The SMILES string of the molecule is CCOC(=O)C1=NC(S(C)(=O)=O)N(OC)C(Oc2cccc(C(=O)N(CC)CC)c2)=C1[N+](=O)[O-]. The highest BCUT2D eigenvalue weighted by Gasteiger charge is 2.47. The van der Waals surface area contributed by atoms with Gasteiger partial charge in [0.15, 0.2) is 9.84 Å². The van der Waals surface area contributed by atoms with Crippen molar-refractivity contribution in [2.24, 2.45) is 4.99 Å². The van der Waals surface area contributed by atoms with Gasteiger partial charge < -0.3 is 14.4 Å². The molecule has 0 N–H and O–H groups in total. The fourth-order valence-corrected chi connectivity index (χ4v) is 3.90. The van der Waals surface area contributed by atoms with Gasteiger partial charge in [0.2, 0.25) is 5.71 Å². The van der Waals surface area contributed by atoms with E-state index in [0.29, 0.717) is 18.2 Å². The first-order chi connectivity index (χ1) is 16.0. The van der Waals surface area contributed by atoms with E-state index in [9.17, 15) is 28.1 Å². The number of ether oxygens (including phenoxy) is 2. The molecule has 0 saturated heterocycles. The minimum Gasteiger partial charge on any atom is -0.461 e. The number of hydrogen-bond donors (Lipinski definition) is 0. The number of hydroxylamine groups is 2. The summed E-state index contributed by atoms with van der Waals surface area (Å²) in [5.41, 5.74) is -3.43. The van der Waals surface area contributed by atoms with Gasteiger partial charge in [-0.25, -0.2) is 18.2 Å². The van der Waals surface area contributed by atoms with E-state index in [1.165, 1.54) is 31.2 Å². The number of hydrogen-bond acceptors (Lipinski definition) is 11. The lowest BCUT2D eigenvalue weighted by molar-refractivity contribution is -0.421. The van der Waals surface area contributed by atoms with Gasteiger partial charge in [-0.3, -0.25) is 19.7 Å². The summed E-state index contributed by atoms with van der Waals surface area (Å²) < 4.78 is 35.2. The monoisotopic (exact) mass is 498 g/mol. The van der Waals surface area contributed by atoms with Gasteiger partial charge in [0.1, 0.15) is 5.75 Å². The number of carbonyl (C=O) groups excluding carboxylic acids is 2. The Kier molecular flexibility index (Phi) is 8.70. The summed E-state index contributed by atoms with van der Waals surface area (Å²) in [6, 6.07) is 5.77. The number of benzene rings is 1. The molecule has 0 spiro atoms. The van der Waals surface area contributed by atoms with Gasteiger partial charge in [0.05, 0.1) is 18.6 Å². The fraction of sp³-hybridized carbons (Fsp3) is 0.450. The number of sulfone groups is 1. The van der Waals surface area contributed by atoms with Crippen LogP contribution >= 0.6 is 0 Å². The van der Waals surface area contributed by atoms with Crippen molar-refractivity contribution in [3.05, 3.63) is 51.5 Å². The largest absolute Gasteiger partial charge is 0.461 e. The second-order valence-electron chi connectivity index (χ2n) is 6.88. The molecule has 2 rings (SSSR count). The second kappa shape index (κ2) is 11.1. The standard InChI is InChI=1S/C20H26N4O9S/c1-6-22(7-2)17(25)13-10-9-11-14(12-13)33-18-16(24(27)28)15(19(26)32-8-3)21-20(23(18)31-4)34(5,29)30/h9-12,20H,6-8H2,1-5H3. The Morgan fingerprint density at radius 3 is 2.38 bits per heavy atom. The van der Waals surface area contributed by atoms with E-state index in [0.717, 1.165) is 13.4 Å². The molecule has 1 aliphatic rings. The summed E-state index contributed by atoms with van der Waals surface area (Å²) >= 11 is 0. The van der Waals surface area contributed by atoms with Crippen LogP contribution in [0.5, 0.6) is 5.75 Å². The third kappa shape index (κ3) is 5.69. The van der Waals surface area contributed by atoms with Gasteiger partial charge in [0.25, 0.3) is 11.4 Å². The summed E-state index contributed by atoms with van der Waals surface area (Å²) in [6.45, 7) is 5.90. The zero-order chi connectivity index (χ0) is 25.6. The molecule has 0 fully saturated rings. The van der Waals surface area contributed by atoms with Crippen LogP contribution in [0.3, 0.4) is 0 Å². The maximum absolute atomic E-state index is 12.7. The Bertz CT molecular complexity index is 1130. The zero-order valence-electron chi connectivity index (χ0n) is 19.4. The van der Waals surface area contributed by atoms with Gasteiger partial charge in [-0.15, -0.1) is 0 Å². The van der Waals surface area contributed by atoms with E-state index < -0.39 is 43.5 Å². The molecular formula is C20H26N4O9S. The molecule has 1 atom stereocenters. The average molecular weight is 499 g/mol. The number of nitrogens with zero attached hydrogens (tertiary/aromatic N) is 4. The highest BCUT2D eigenvalue weighted by molar-refractivity contribution is 7.91. The third-order valence-electron chi connectivity index (χ3n) is 4.64. The predicted octanol–water partition coefficient (Wildman–Crippen LogP) is 1.20. The van der Waals surface area contributed by atoms with Gasteiger partial charge in [-0.05, 0) is 39.0 Å². The minimum atomic E-state index is -4.07. The molecule has 1 heterocycles. The minimum absolute atomic E-state index is 0.0354. The van der Waals surface area contributed by atoms with Crippen molar-refractivity contribution in [2.75, 3.05) is 33.1 Å². The van der Waals surface area contributed by atoms with Crippen molar-refractivity contribution >= 4 is 27.4 Å². The Balaban J connectivity index is 2.67. The van der Waals surface area contributed by atoms with Crippen LogP contribution in [-0.4, -0.2) is 79.5 Å². The maximum atomic E-state index is 12.7. The first kappa shape index (κ1) is 26.7. The molecule has 14 heteroatoms. The van der Waals surface area contributed by atoms with E-state index in [4.69, 9.17) is 14.3 Å². The molecule has 1 aromatic rings. The molecule has 186 valence electrons. The Labute approximate surface area is 196 Å². The topological polar surface area (TPSA) is 158 Å². The molecule has 34 heavy (non-hydrogen) atoms. The molecule has 0 radical (unpaired) electrons. The maximum Gasteiger partial charge on any atom is 0.364 e. The molecule has 1 aliphatic heterocycles. The van der Waals surface area contributed by atoms with Crippen molar-refractivity contribution < 1.29 is 37.2 Å². The number of nitro groups is 1. The van der Waals surface area contributed by atoms with E-state index in [1.807, 2.05) is 13.8 Å².